The molecule has 0 radical (unpaired) electrons. The van der Waals surface area contributed by atoms with Crippen molar-refractivity contribution in [1.82, 2.24) is 0 Å². The van der Waals surface area contributed by atoms with Gasteiger partial charge in [-0.05, 0) is 36.4 Å². The maximum absolute atomic E-state index is 13.4. The lowest BCUT2D eigenvalue weighted by Crippen LogP contribution is -1.98. The molecule has 0 saturated carbocycles. The Labute approximate surface area is 103 Å². The summed E-state index contributed by atoms with van der Waals surface area (Å²) in [5.41, 5.74) is 0.433. The Kier molecular flexibility index (Phi) is 3.49. The molecule has 2 nitrogen and oxygen atoms in total. The van der Waals surface area contributed by atoms with E-state index in [1.807, 2.05) is 0 Å². The van der Waals surface area contributed by atoms with Crippen molar-refractivity contribution in [1.29, 1.82) is 0 Å². The summed E-state index contributed by atoms with van der Waals surface area (Å²) in [5.74, 6) is 0.337. The standard InChI is InChI=1S/C13H10ClFO2/c14-10-2-1-9(13(15)7-10)8-17-12-5-3-11(16)4-6-12/h1-7,16H,8H2. The monoisotopic (exact) mass is 252 g/mol. The van der Waals surface area contributed by atoms with Gasteiger partial charge in [0.15, 0.2) is 0 Å². The molecule has 0 aliphatic rings. The van der Waals surface area contributed by atoms with Crippen LogP contribution >= 0.6 is 11.6 Å². The van der Waals surface area contributed by atoms with Gasteiger partial charge in [0.1, 0.15) is 23.9 Å². The van der Waals surface area contributed by atoms with Gasteiger partial charge in [0.25, 0.3) is 0 Å². The molecule has 0 heterocycles. The molecule has 0 aliphatic heterocycles. The summed E-state index contributed by atoms with van der Waals surface area (Å²) in [7, 11) is 0. The number of halogens is 2. The van der Waals surface area contributed by atoms with Crippen LogP contribution in [0.15, 0.2) is 42.5 Å². The second-order valence-electron chi connectivity index (χ2n) is 3.52. The predicted octanol–water partition coefficient (Wildman–Crippen LogP) is 3.76. The van der Waals surface area contributed by atoms with E-state index in [9.17, 15) is 4.39 Å². The van der Waals surface area contributed by atoms with E-state index in [0.29, 0.717) is 16.3 Å². The number of rotatable bonds is 3. The van der Waals surface area contributed by atoms with Crippen LogP contribution in [0.3, 0.4) is 0 Å². The fraction of sp³-hybridized carbons (Fsp3) is 0.0769. The Balaban J connectivity index is 2.04. The molecule has 0 amide bonds. The van der Waals surface area contributed by atoms with Crippen molar-refractivity contribution in [2.45, 2.75) is 6.61 Å². The number of phenols is 1. The molecule has 0 atom stereocenters. The minimum atomic E-state index is -0.392. The van der Waals surface area contributed by atoms with Gasteiger partial charge in [-0.3, -0.25) is 0 Å². The summed E-state index contributed by atoms with van der Waals surface area (Å²) in [5, 5.41) is 9.44. The van der Waals surface area contributed by atoms with Gasteiger partial charge in [-0.25, -0.2) is 4.39 Å². The van der Waals surface area contributed by atoms with Crippen molar-refractivity contribution in [3.8, 4) is 11.5 Å². The summed E-state index contributed by atoms with van der Waals surface area (Å²) < 4.78 is 18.8. The summed E-state index contributed by atoms with van der Waals surface area (Å²) in [4.78, 5) is 0. The van der Waals surface area contributed by atoms with Gasteiger partial charge in [0, 0.05) is 10.6 Å². The largest absolute Gasteiger partial charge is 0.508 e. The lowest BCUT2D eigenvalue weighted by molar-refractivity contribution is 0.299. The molecule has 0 fully saturated rings. The molecule has 0 unspecified atom stereocenters. The van der Waals surface area contributed by atoms with Crippen LogP contribution in [0.25, 0.3) is 0 Å². The van der Waals surface area contributed by atoms with Gasteiger partial charge in [0.05, 0.1) is 0 Å². The second-order valence-corrected chi connectivity index (χ2v) is 3.95. The van der Waals surface area contributed by atoms with Crippen molar-refractivity contribution < 1.29 is 14.2 Å². The first kappa shape index (κ1) is 11.7. The minimum absolute atomic E-state index is 0.119. The Hall–Kier alpha value is -1.74. The van der Waals surface area contributed by atoms with Gasteiger partial charge in [-0.15, -0.1) is 0 Å². The zero-order chi connectivity index (χ0) is 12.3. The summed E-state index contributed by atoms with van der Waals surface area (Å²) >= 11 is 5.64. The first-order valence-corrected chi connectivity index (χ1v) is 5.39. The highest BCUT2D eigenvalue weighted by atomic mass is 35.5. The van der Waals surface area contributed by atoms with Crippen LogP contribution in [-0.4, -0.2) is 5.11 Å². The van der Waals surface area contributed by atoms with Gasteiger partial charge in [0.2, 0.25) is 0 Å². The fourth-order valence-electron chi connectivity index (χ4n) is 1.34. The van der Waals surface area contributed by atoms with Crippen LogP contribution < -0.4 is 4.74 Å². The third kappa shape index (κ3) is 3.11. The normalized spacial score (nSPS) is 10.2. The summed E-state index contributed by atoms with van der Waals surface area (Å²) in [6.45, 7) is 0.119. The summed E-state index contributed by atoms with van der Waals surface area (Å²) in [6.07, 6.45) is 0. The van der Waals surface area contributed by atoms with E-state index < -0.39 is 5.82 Å². The topological polar surface area (TPSA) is 29.5 Å². The first-order valence-electron chi connectivity index (χ1n) is 5.01. The molecule has 2 rings (SSSR count). The van der Waals surface area contributed by atoms with Crippen molar-refractivity contribution in [3.63, 3.8) is 0 Å². The third-order valence-electron chi connectivity index (χ3n) is 2.25. The van der Waals surface area contributed by atoms with E-state index in [2.05, 4.69) is 0 Å². The number of phenolic OH excluding ortho intramolecular Hbond substituents is 1. The number of hydrogen-bond acceptors (Lipinski definition) is 2. The molecule has 17 heavy (non-hydrogen) atoms. The SMILES string of the molecule is Oc1ccc(OCc2ccc(Cl)cc2F)cc1. The number of aromatic hydroxyl groups is 1. The molecule has 0 spiro atoms. The highest BCUT2D eigenvalue weighted by Crippen LogP contribution is 2.19. The average molecular weight is 253 g/mol. The van der Waals surface area contributed by atoms with Crippen LogP contribution in [0, 0.1) is 5.82 Å². The van der Waals surface area contributed by atoms with Crippen molar-refractivity contribution in [2.24, 2.45) is 0 Å². The van der Waals surface area contributed by atoms with Gasteiger partial charge < -0.3 is 9.84 Å². The van der Waals surface area contributed by atoms with Crippen LogP contribution in [0.2, 0.25) is 5.02 Å². The van der Waals surface area contributed by atoms with Gasteiger partial charge >= 0.3 is 0 Å². The molecular weight excluding hydrogens is 243 g/mol. The van der Waals surface area contributed by atoms with Crippen molar-refractivity contribution >= 4 is 11.6 Å². The maximum atomic E-state index is 13.4. The fourth-order valence-corrected chi connectivity index (χ4v) is 1.50. The van der Waals surface area contributed by atoms with E-state index in [4.69, 9.17) is 21.4 Å². The molecule has 0 bridgehead atoms. The molecule has 88 valence electrons. The van der Waals surface area contributed by atoms with Gasteiger partial charge in [-0.1, -0.05) is 17.7 Å². The highest BCUT2D eigenvalue weighted by Gasteiger charge is 2.03. The molecule has 0 aliphatic carbocycles. The molecular formula is C13H10ClFO2. The molecule has 1 N–H and O–H groups in total. The molecule has 2 aromatic carbocycles. The molecule has 0 aromatic heterocycles. The van der Waals surface area contributed by atoms with E-state index in [-0.39, 0.29) is 12.4 Å². The van der Waals surface area contributed by atoms with E-state index in [1.54, 1.807) is 24.3 Å². The highest BCUT2D eigenvalue weighted by molar-refractivity contribution is 6.30. The van der Waals surface area contributed by atoms with Crippen molar-refractivity contribution in [3.05, 3.63) is 58.9 Å². The zero-order valence-electron chi connectivity index (χ0n) is 8.86. The smallest absolute Gasteiger partial charge is 0.131 e. The predicted molar refractivity (Wildman–Crippen MR) is 63.8 cm³/mol. The maximum Gasteiger partial charge on any atom is 0.131 e. The first-order chi connectivity index (χ1) is 8.15. The Morgan fingerprint density at radius 1 is 1.12 bits per heavy atom. The second kappa shape index (κ2) is 5.06. The lowest BCUT2D eigenvalue weighted by atomic mass is 10.2. The number of benzene rings is 2. The Morgan fingerprint density at radius 3 is 2.47 bits per heavy atom. The quantitative estimate of drug-likeness (QED) is 0.901. The molecule has 0 saturated heterocycles. The lowest BCUT2D eigenvalue weighted by Gasteiger charge is -2.07. The van der Waals surface area contributed by atoms with Crippen LogP contribution in [-0.2, 0) is 6.61 Å². The van der Waals surface area contributed by atoms with Gasteiger partial charge in [-0.2, -0.15) is 0 Å². The third-order valence-corrected chi connectivity index (χ3v) is 2.48. The Bertz CT molecular complexity index is 511. The molecule has 4 heteroatoms. The van der Waals surface area contributed by atoms with E-state index in [1.165, 1.54) is 18.2 Å². The van der Waals surface area contributed by atoms with Crippen LogP contribution in [0.4, 0.5) is 4.39 Å². The van der Waals surface area contributed by atoms with Crippen LogP contribution in [0.1, 0.15) is 5.56 Å². The molecule has 2 aromatic rings. The van der Waals surface area contributed by atoms with E-state index >= 15 is 0 Å². The Morgan fingerprint density at radius 2 is 1.82 bits per heavy atom. The van der Waals surface area contributed by atoms with Crippen LogP contribution in [0.5, 0.6) is 11.5 Å². The zero-order valence-corrected chi connectivity index (χ0v) is 9.62. The summed E-state index contributed by atoms with van der Waals surface area (Å²) in [6, 6.07) is 10.7. The average Bonchev–Trinajstić information content (AvgIpc) is 2.30. The number of hydrogen-bond donors (Lipinski definition) is 1. The van der Waals surface area contributed by atoms with Crippen molar-refractivity contribution in [2.75, 3.05) is 0 Å². The number of ether oxygens (including phenoxy) is 1. The minimum Gasteiger partial charge on any atom is -0.508 e. The van der Waals surface area contributed by atoms with E-state index in [0.717, 1.165) is 0 Å².